The van der Waals surface area contributed by atoms with E-state index in [0.29, 0.717) is 25.6 Å². The van der Waals surface area contributed by atoms with Crippen LogP contribution in [0.4, 0.5) is 16.6 Å². The van der Waals surface area contributed by atoms with Crippen LogP contribution in [-0.2, 0) is 26.4 Å². The largest absolute Gasteiger partial charge is 0.444 e. The highest BCUT2D eigenvalue weighted by molar-refractivity contribution is 5.69. The van der Waals surface area contributed by atoms with Gasteiger partial charge in [-0.05, 0) is 46.6 Å². The number of fused-ring (bicyclic) bond motifs is 1. The van der Waals surface area contributed by atoms with Crippen LogP contribution in [0, 0.1) is 0 Å². The van der Waals surface area contributed by atoms with Crippen LogP contribution in [0.5, 0.6) is 0 Å². The summed E-state index contributed by atoms with van der Waals surface area (Å²) in [6, 6.07) is 3.82. The fourth-order valence-corrected chi connectivity index (χ4v) is 4.18. The van der Waals surface area contributed by atoms with E-state index in [4.69, 9.17) is 19.3 Å². The molecule has 0 radical (unpaired) electrons. The number of alkyl carbamates (subject to hydrolysis) is 1. The molecular weight excluding hydrogens is 450 g/mol. The van der Waals surface area contributed by atoms with Crippen molar-refractivity contribution in [3.63, 3.8) is 0 Å². The third-order valence-electron chi connectivity index (χ3n) is 6.30. The van der Waals surface area contributed by atoms with E-state index < -0.39 is 0 Å². The minimum Gasteiger partial charge on any atom is -0.444 e. The maximum atomic E-state index is 12.2. The number of rotatable bonds is 7. The molecule has 4 heterocycles. The Labute approximate surface area is 204 Å². The second kappa shape index (κ2) is 8.80. The molecule has 0 bridgehead atoms. The first kappa shape index (κ1) is 23.6. The topological polar surface area (TPSA) is 117 Å². The van der Waals surface area contributed by atoms with Gasteiger partial charge < -0.3 is 24.8 Å². The molecule has 3 aromatic rings. The van der Waals surface area contributed by atoms with Crippen LogP contribution in [0.15, 0.2) is 24.5 Å². The van der Waals surface area contributed by atoms with Crippen LogP contribution < -0.4 is 10.6 Å². The number of nitrogens with one attached hydrogen (secondary N) is 2. The molecule has 188 valence electrons. The second-order valence-electron chi connectivity index (χ2n) is 10.6. The fourth-order valence-electron chi connectivity index (χ4n) is 4.18. The van der Waals surface area contributed by atoms with Crippen LogP contribution in [0.2, 0.25) is 0 Å². The Bertz CT molecular complexity index is 1220. The van der Waals surface area contributed by atoms with Gasteiger partial charge in [0.2, 0.25) is 5.95 Å². The highest BCUT2D eigenvalue weighted by Gasteiger charge is 2.40. The van der Waals surface area contributed by atoms with Gasteiger partial charge in [-0.15, -0.1) is 0 Å². The van der Waals surface area contributed by atoms with Gasteiger partial charge in [-0.3, -0.25) is 4.40 Å². The summed E-state index contributed by atoms with van der Waals surface area (Å²) in [7, 11) is 1.64. The van der Waals surface area contributed by atoms with Crippen molar-refractivity contribution >= 4 is 23.5 Å². The van der Waals surface area contributed by atoms with Gasteiger partial charge in [0, 0.05) is 37.5 Å². The second-order valence-corrected chi connectivity index (χ2v) is 10.6. The highest BCUT2D eigenvalue weighted by Crippen LogP contribution is 2.36. The summed E-state index contributed by atoms with van der Waals surface area (Å²) in [5.74, 6) is 1.40. The standard InChI is InChI=1S/C24H33N7O4/c1-23(2,3)31-20(27-21-25-9-6-19-26-15(13-33-5)12-30(19)21)11-17(29-31)18-10-16(14-34-18)35-22(32)28-24(4)7-8-24/h6,9,11-12,16,18H,7-8,10,13-14H2,1-5H3,(H,25,27)(H,28,32)/t16-,18-/m1/s1. The Balaban J connectivity index is 1.34. The Morgan fingerprint density at radius 3 is 2.86 bits per heavy atom. The monoisotopic (exact) mass is 483 g/mol. The molecule has 1 saturated heterocycles. The number of nitrogens with zero attached hydrogens (tertiary/aromatic N) is 5. The molecule has 0 spiro atoms. The molecule has 2 aliphatic rings. The Morgan fingerprint density at radius 1 is 1.34 bits per heavy atom. The number of carbonyl (C=O) groups excluding carboxylic acids is 1. The van der Waals surface area contributed by atoms with Gasteiger partial charge >= 0.3 is 6.09 Å². The number of carbonyl (C=O) groups is 1. The average molecular weight is 484 g/mol. The molecule has 1 aliphatic heterocycles. The quantitative estimate of drug-likeness (QED) is 0.523. The summed E-state index contributed by atoms with van der Waals surface area (Å²) in [4.78, 5) is 21.3. The Hall–Kier alpha value is -3.18. The van der Waals surface area contributed by atoms with Crippen molar-refractivity contribution in [3.05, 3.63) is 35.9 Å². The number of methoxy groups -OCH3 is 1. The zero-order chi connectivity index (χ0) is 24.8. The first-order valence-corrected chi connectivity index (χ1v) is 11.9. The van der Waals surface area contributed by atoms with Gasteiger partial charge in [-0.25, -0.2) is 19.4 Å². The van der Waals surface area contributed by atoms with E-state index >= 15 is 0 Å². The first-order valence-electron chi connectivity index (χ1n) is 11.9. The van der Waals surface area contributed by atoms with Crippen LogP contribution in [0.1, 0.15) is 64.4 Å². The van der Waals surface area contributed by atoms with E-state index in [1.54, 1.807) is 13.3 Å². The molecule has 2 N–H and O–H groups in total. The van der Waals surface area contributed by atoms with Crippen molar-refractivity contribution in [1.82, 2.24) is 29.5 Å². The van der Waals surface area contributed by atoms with Gasteiger partial charge in [0.1, 0.15) is 23.7 Å². The number of anilines is 2. The minimum absolute atomic E-state index is 0.113. The molecule has 0 unspecified atom stereocenters. The lowest BCUT2D eigenvalue weighted by atomic mass is 10.1. The van der Waals surface area contributed by atoms with Crippen molar-refractivity contribution in [3.8, 4) is 0 Å². The molecule has 3 aromatic heterocycles. The molecule has 11 nitrogen and oxygen atoms in total. The number of imidazole rings is 1. The fraction of sp³-hybridized carbons (Fsp3) is 0.583. The van der Waals surface area contributed by atoms with E-state index in [0.717, 1.165) is 35.7 Å². The summed E-state index contributed by atoms with van der Waals surface area (Å²) < 4.78 is 20.6. The predicted molar refractivity (Wildman–Crippen MR) is 129 cm³/mol. The summed E-state index contributed by atoms with van der Waals surface area (Å²) in [6.45, 7) is 9.04. The lowest BCUT2D eigenvalue weighted by Crippen LogP contribution is -2.37. The van der Waals surface area contributed by atoms with E-state index in [2.05, 4.69) is 41.4 Å². The highest BCUT2D eigenvalue weighted by atomic mass is 16.6. The van der Waals surface area contributed by atoms with Crippen molar-refractivity contribution in [2.24, 2.45) is 0 Å². The Kier molecular flexibility index (Phi) is 5.92. The van der Waals surface area contributed by atoms with Gasteiger partial charge in [0.15, 0.2) is 0 Å². The zero-order valence-corrected chi connectivity index (χ0v) is 20.9. The van der Waals surface area contributed by atoms with E-state index in [1.807, 2.05) is 34.3 Å². The van der Waals surface area contributed by atoms with E-state index in [-0.39, 0.29) is 29.4 Å². The van der Waals surface area contributed by atoms with Gasteiger partial charge in [0.25, 0.3) is 0 Å². The lowest BCUT2D eigenvalue weighted by Gasteiger charge is -2.22. The molecule has 1 amide bonds. The van der Waals surface area contributed by atoms with Crippen molar-refractivity contribution in [2.75, 3.05) is 19.0 Å². The molecular formula is C24H33N7O4. The molecule has 1 aliphatic carbocycles. The van der Waals surface area contributed by atoms with Crippen LogP contribution in [0.25, 0.3) is 5.65 Å². The van der Waals surface area contributed by atoms with Gasteiger partial charge in [-0.1, -0.05) is 0 Å². The number of aromatic nitrogens is 5. The van der Waals surface area contributed by atoms with Crippen LogP contribution in [-0.4, -0.2) is 55.6 Å². The molecule has 35 heavy (non-hydrogen) atoms. The third kappa shape index (κ3) is 5.10. The van der Waals surface area contributed by atoms with Gasteiger partial charge in [-0.2, -0.15) is 5.10 Å². The molecule has 0 aromatic carbocycles. The van der Waals surface area contributed by atoms with Crippen LogP contribution >= 0.6 is 0 Å². The molecule has 11 heteroatoms. The smallest absolute Gasteiger partial charge is 0.407 e. The van der Waals surface area contributed by atoms with Crippen molar-refractivity contribution < 1.29 is 19.0 Å². The van der Waals surface area contributed by atoms with Crippen LogP contribution in [0.3, 0.4) is 0 Å². The molecule has 2 atom stereocenters. The molecule has 5 rings (SSSR count). The van der Waals surface area contributed by atoms with Crippen molar-refractivity contribution in [2.45, 2.75) is 76.9 Å². The van der Waals surface area contributed by atoms with Crippen molar-refractivity contribution in [1.29, 1.82) is 0 Å². The van der Waals surface area contributed by atoms with E-state index in [1.165, 1.54) is 0 Å². The maximum absolute atomic E-state index is 12.2. The number of ether oxygens (including phenoxy) is 3. The average Bonchev–Trinajstić information content (AvgIpc) is 3.19. The summed E-state index contributed by atoms with van der Waals surface area (Å²) >= 11 is 0. The molecule has 1 saturated carbocycles. The van der Waals surface area contributed by atoms with E-state index in [9.17, 15) is 4.79 Å². The normalized spacial score (nSPS) is 21.3. The SMILES string of the molecule is COCc1cn2c(Nc3cc([C@H]4C[C@@H](OC(=O)NC5(C)CC5)CO4)nn3C(C)(C)C)nccc2n1. The number of hydrogen-bond donors (Lipinski definition) is 2. The molecule has 2 fully saturated rings. The maximum Gasteiger partial charge on any atom is 0.407 e. The summed E-state index contributed by atoms with van der Waals surface area (Å²) in [6.07, 6.45) is 5.20. The third-order valence-corrected chi connectivity index (χ3v) is 6.30. The summed E-state index contributed by atoms with van der Waals surface area (Å²) in [5, 5.41) is 11.2. The lowest BCUT2D eigenvalue weighted by molar-refractivity contribution is 0.0672. The summed E-state index contributed by atoms with van der Waals surface area (Å²) in [5.41, 5.74) is 1.96. The minimum atomic E-state index is -0.380. The number of amides is 1. The zero-order valence-electron chi connectivity index (χ0n) is 20.9. The number of hydrogen-bond acceptors (Lipinski definition) is 8. The first-order chi connectivity index (χ1) is 16.6. The predicted octanol–water partition coefficient (Wildman–Crippen LogP) is 3.68. The Morgan fingerprint density at radius 2 is 2.14 bits per heavy atom. The van der Waals surface area contributed by atoms with Gasteiger partial charge in [0.05, 0.1) is 30.1 Å².